The lowest BCUT2D eigenvalue weighted by Gasteiger charge is -2.12. The minimum atomic E-state index is 0.565. The standard InChI is InChI=1S/C13H17N/c1-3-10-6-5-7-12-11(10)8-9-13(12)14-4-2/h3,5-7,13-14H,1,4,8-9H2,2H3. The maximum absolute atomic E-state index is 3.86. The van der Waals surface area contributed by atoms with E-state index in [9.17, 15) is 0 Å². The predicted molar refractivity (Wildman–Crippen MR) is 61.3 cm³/mol. The van der Waals surface area contributed by atoms with Crippen molar-refractivity contribution in [3.05, 3.63) is 41.5 Å². The Morgan fingerprint density at radius 2 is 2.43 bits per heavy atom. The zero-order valence-electron chi connectivity index (χ0n) is 8.72. The van der Waals surface area contributed by atoms with Crippen molar-refractivity contribution in [3.8, 4) is 0 Å². The molecule has 14 heavy (non-hydrogen) atoms. The van der Waals surface area contributed by atoms with Crippen LogP contribution in [-0.4, -0.2) is 6.54 Å². The monoisotopic (exact) mass is 187 g/mol. The molecule has 1 aromatic carbocycles. The van der Waals surface area contributed by atoms with Crippen LogP contribution in [0.5, 0.6) is 0 Å². The average Bonchev–Trinajstić information content (AvgIpc) is 2.62. The number of hydrogen-bond acceptors (Lipinski definition) is 1. The summed E-state index contributed by atoms with van der Waals surface area (Å²) in [5.74, 6) is 0. The zero-order valence-corrected chi connectivity index (χ0v) is 8.72. The molecule has 1 aromatic rings. The van der Waals surface area contributed by atoms with Gasteiger partial charge in [0.05, 0.1) is 0 Å². The minimum absolute atomic E-state index is 0.565. The second kappa shape index (κ2) is 3.97. The van der Waals surface area contributed by atoms with Crippen LogP contribution < -0.4 is 5.32 Å². The van der Waals surface area contributed by atoms with Crippen molar-refractivity contribution in [2.45, 2.75) is 25.8 Å². The van der Waals surface area contributed by atoms with Crippen molar-refractivity contribution < 1.29 is 0 Å². The molecule has 1 aliphatic carbocycles. The SMILES string of the molecule is C=Cc1cccc2c1CCC2NCC. The molecule has 0 saturated heterocycles. The highest BCUT2D eigenvalue weighted by molar-refractivity contribution is 5.56. The van der Waals surface area contributed by atoms with Crippen LogP contribution in [0.25, 0.3) is 6.08 Å². The molecule has 0 bridgehead atoms. The van der Waals surface area contributed by atoms with Crippen LogP contribution in [0.3, 0.4) is 0 Å². The van der Waals surface area contributed by atoms with E-state index in [1.165, 1.54) is 29.5 Å². The first-order valence-corrected chi connectivity index (χ1v) is 5.34. The second-order valence-electron chi connectivity index (χ2n) is 3.77. The van der Waals surface area contributed by atoms with Crippen LogP contribution >= 0.6 is 0 Å². The third-order valence-corrected chi connectivity index (χ3v) is 2.98. The molecular formula is C13H17N. The minimum Gasteiger partial charge on any atom is -0.310 e. The fourth-order valence-electron chi connectivity index (χ4n) is 2.33. The van der Waals surface area contributed by atoms with E-state index < -0.39 is 0 Å². The van der Waals surface area contributed by atoms with Crippen molar-refractivity contribution in [3.63, 3.8) is 0 Å². The van der Waals surface area contributed by atoms with Crippen LogP contribution in [0, 0.1) is 0 Å². The van der Waals surface area contributed by atoms with E-state index in [1.54, 1.807) is 0 Å². The molecule has 1 nitrogen and oxygen atoms in total. The Bertz CT molecular complexity index is 341. The molecule has 2 rings (SSSR count). The van der Waals surface area contributed by atoms with Crippen LogP contribution in [0.4, 0.5) is 0 Å². The molecule has 0 saturated carbocycles. The van der Waals surface area contributed by atoms with Crippen molar-refractivity contribution in [1.82, 2.24) is 5.32 Å². The lowest BCUT2D eigenvalue weighted by atomic mass is 10.0. The Labute approximate surface area is 85.8 Å². The average molecular weight is 187 g/mol. The van der Waals surface area contributed by atoms with Gasteiger partial charge >= 0.3 is 0 Å². The van der Waals surface area contributed by atoms with Gasteiger partial charge in [-0.25, -0.2) is 0 Å². The molecule has 0 aromatic heterocycles. The Balaban J connectivity index is 2.36. The van der Waals surface area contributed by atoms with Crippen molar-refractivity contribution >= 4 is 6.08 Å². The number of fused-ring (bicyclic) bond motifs is 1. The van der Waals surface area contributed by atoms with E-state index in [0.29, 0.717) is 6.04 Å². The fourth-order valence-corrected chi connectivity index (χ4v) is 2.33. The predicted octanol–water partition coefficient (Wildman–Crippen LogP) is 2.93. The molecule has 1 aliphatic rings. The first-order chi connectivity index (χ1) is 6.86. The summed E-state index contributed by atoms with van der Waals surface area (Å²) in [6.07, 6.45) is 4.39. The third-order valence-electron chi connectivity index (χ3n) is 2.98. The molecular weight excluding hydrogens is 170 g/mol. The normalized spacial score (nSPS) is 19.4. The largest absolute Gasteiger partial charge is 0.310 e. The van der Waals surface area contributed by atoms with Gasteiger partial charge in [0.25, 0.3) is 0 Å². The molecule has 0 spiro atoms. The topological polar surface area (TPSA) is 12.0 Å². The number of rotatable bonds is 3. The maximum atomic E-state index is 3.86. The molecule has 74 valence electrons. The molecule has 1 heteroatoms. The van der Waals surface area contributed by atoms with Gasteiger partial charge in [-0.1, -0.05) is 37.8 Å². The van der Waals surface area contributed by atoms with Gasteiger partial charge in [-0.15, -0.1) is 0 Å². The van der Waals surface area contributed by atoms with Crippen molar-refractivity contribution in [1.29, 1.82) is 0 Å². The van der Waals surface area contributed by atoms with Crippen LogP contribution in [0.15, 0.2) is 24.8 Å². The highest BCUT2D eigenvalue weighted by atomic mass is 14.9. The van der Waals surface area contributed by atoms with Crippen LogP contribution in [0.1, 0.15) is 36.1 Å². The highest BCUT2D eigenvalue weighted by Crippen LogP contribution is 2.33. The Hall–Kier alpha value is -1.08. The molecule has 1 unspecified atom stereocenters. The van der Waals surface area contributed by atoms with E-state index in [4.69, 9.17) is 0 Å². The smallest absolute Gasteiger partial charge is 0.0326 e. The molecule has 0 radical (unpaired) electrons. The highest BCUT2D eigenvalue weighted by Gasteiger charge is 2.22. The second-order valence-corrected chi connectivity index (χ2v) is 3.77. The summed E-state index contributed by atoms with van der Waals surface area (Å²) in [6.45, 7) is 7.07. The molecule has 0 amide bonds. The van der Waals surface area contributed by atoms with E-state index in [-0.39, 0.29) is 0 Å². The van der Waals surface area contributed by atoms with Crippen molar-refractivity contribution in [2.24, 2.45) is 0 Å². The maximum Gasteiger partial charge on any atom is 0.0326 e. The van der Waals surface area contributed by atoms with E-state index in [2.05, 4.69) is 37.0 Å². The molecule has 1 N–H and O–H groups in total. The Morgan fingerprint density at radius 1 is 1.57 bits per heavy atom. The van der Waals surface area contributed by atoms with Gasteiger partial charge in [-0.05, 0) is 36.1 Å². The summed E-state index contributed by atoms with van der Waals surface area (Å²) in [7, 11) is 0. The van der Waals surface area contributed by atoms with Crippen LogP contribution in [-0.2, 0) is 6.42 Å². The molecule has 1 atom stereocenters. The Kier molecular flexibility index (Phi) is 2.69. The first kappa shape index (κ1) is 9.47. The Morgan fingerprint density at radius 3 is 3.14 bits per heavy atom. The van der Waals surface area contributed by atoms with Gasteiger partial charge < -0.3 is 5.32 Å². The van der Waals surface area contributed by atoms with Gasteiger partial charge in [0.2, 0.25) is 0 Å². The van der Waals surface area contributed by atoms with Gasteiger partial charge in [-0.3, -0.25) is 0 Å². The van der Waals surface area contributed by atoms with E-state index in [0.717, 1.165) is 6.54 Å². The number of nitrogens with one attached hydrogen (secondary N) is 1. The summed E-state index contributed by atoms with van der Waals surface area (Å²) in [6, 6.07) is 7.09. The molecule has 0 fully saturated rings. The summed E-state index contributed by atoms with van der Waals surface area (Å²) >= 11 is 0. The quantitative estimate of drug-likeness (QED) is 0.767. The van der Waals surface area contributed by atoms with E-state index >= 15 is 0 Å². The summed E-state index contributed by atoms with van der Waals surface area (Å²) < 4.78 is 0. The lowest BCUT2D eigenvalue weighted by molar-refractivity contribution is 0.549. The van der Waals surface area contributed by atoms with Gasteiger partial charge in [0.15, 0.2) is 0 Å². The third kappa shape index (κ3) is 1.48. The number of benzene rings is 1. The van der Waals surface area contributed by atoms with Crippen LogP contribution in [0.2, 0.25) is 0 Å². The fraction of sp³-hybridized carbons (Fsp3) is 0.385. The van der Waals surface area contributed by atoms with Crippen molar-refractivity contribution in [2.75, 3.05) is 6.54 Å². The van der Waals surface area contributed by atoms with Gasteiger partial charge in [0, 0.05) is 6.04 Å². The first-order valence-electron chi connectivity index (χ1n) is 5.34. The molecule has 0 aliphatic heterocycles. The van der Waals surface area contributed by atoms with E-state index in [1.807, 2.05) is 6.08 Å². The lowest BCUT2D eigenvalue weighted by Crippen LogP contribution is -2.18. The summed E-state index contributed by atoms with van der Waals surface area (Å²) in [5, 5.41) is 3.52. The van der Waals surface area contributed by atoms with Gasteiger partial charge in [-0.2, -0.15) is 0 Å². The summed E-state index contributed by atoms with van der Waals surface area (Å²) in [5.41, 5.74) is 4.28. The summed E-state index contributed by atoms with van der Waals surface area (Å²) in [4.78, 5) is 0. The molecule has 0 heterocycles. The van der Waals surface area contributed by atoms with Gasteiger partial charge in [0.1, 0.15) is 0 Å². The number of hydrogen-bond donors (Lipinski definition) is 1. The zero-order chi connectivity index (χ0) is 9.97.